The van der Waals surface area contributed by atoms with E-state index in [9.17, 15) is 51.1 Å². The predicted molar refractivity (Wildman–Crippen MR) is 211 cm³/mol. The molecule has 1 spiro atoms. The van der Waals surface area contributed by atoms with Crippen LogP contribution in [-0.4, -0.2) is 188 Å². The van der Waals surface area contributed by atoms with E-state index in [1.54, 1.807) is 0 Å². The van der Waals surface area contributed by atoms with Gasteiger partial charge < -0.3 is 89.0 Å². The van der Waals surface area contributed by atoms with Crippen LogP contribution in [0.4, 0.5) is 0 Å². The molecule has 10 N–H and O–H groups in total. The van der Waals surface area contributed by atoms with Gasteiger partial charge in [-0.25, -0.2) is 0 Å². The lowest BCUT2D eigenvalue weighted by Gasteiger charge is -2.60. The van der Waals surface area contributed by atoms with Crippen molar-refractivity contribution in [1.29, 1.82) is 0 Å². The van der Waals surface area contributed by atoms with Gasteiger partial charge in [0.2, 0.25) is 0 Å². The first-order chi connectivity index (χ1) is 29.4. The molecule has 0 amide bonds. The summed E-state index contributed by atoms with van der Waals surface area (Å²) < 4.78 is 49.6. The Labute approximate surface area is 362 Å². The van der Waals surface area contributed by atoms with Crippen molar-refractivity contribution in [1.82, 2.24) is 0 Å². The zero-order valence-electron chi connectivity index (χ0n) is 36.1. The summed E-state index contributed by atoms with van der Waals surface area (Å²) in [5.74, 6) is 1.46. The minimum absolute atomic E-state index is 0.0398. The number of hydrogen-bond donors (Lipinski definition) is 10. The molecule has 4 aliphatic carbocycles. The van der Waals surface area contributed by atoms with Crippen LogP contribution < -0.4 is 0 Å². The molecule has 62 heavy (non-hydrogen) atoms. The lowest BCUT2D eigenvalue weighted by molar-refractivity contribution is -0.387. The van der Waals surface area contributed by atoms with Gasteiger partial charge in [0.05, 0.1) is 44.7 Å². The van der Waals surface area contributed by atoms with E-state index in [-0.39, 0.29) is 29.8 Å². The number of rotatable bonds is 8. The van der Waals surface area contributed by atoms with E-state index in [0.29, 0.717) is 36.7 Å². The molecular weight excluding hydrogens is 816 g/mol. The van der Waals surface area contributed by atoms with Crippen LogP contribution in [-0.2, 0) is 37.9 Å². The molecule has 8 fully saturated rings. The Kier molecular flexibility index (Phi) is 12.9. The molecule has 3 saturated carbocycles. The number of fused-ring (bicyclic) bond motifs is 7. The van der Waals surface area contributed by atoms with Crippen molar-refractivity contribution in [3.8, 4) is 0 Å². The highest BCUT2D eigenvalue weighted by Crippen LogP contribution is 2.71. The summed E-state index contributed by atoms with van der Waals surface area (Å²) in [5, 5.41) is 108. The number of ether oxygens (including phenoxy) is 8. The van der Waals surface area contributed by atoms with Gasteiger partial charge in [-0.15, -0.1) is 0 Å². The lowest BCUT2D eigenvalue weighted by atomic mass is 9.46. The van der Waals surface area contributed by atoms with Crippen molar-refractivity contribution in [3.05, 3.63) is 11.6 Å². The summed E-state index contributed by atoms with van der Waals surface area (Å²) in [4.78, 5) is 0. The molecule has 354 valence electrons. The smallest absolute Gasteiger partial charge is 0.187 e. The van der Waals surface area contributed by atoms with Crippen LogP contribution in [0.5, 0.6) is 0 Å². The molecule has 0 aromatic carbocycles. The Morgan fingerprint density at radius 3 is 2.13 bits per heavy atom. The third-order valence-electron chi connectivity index (χ3n) is 17.4. The SMILES string of the molecule is C[C@H]1CCC2(OC1)OC1CC3C4CC=C5C[C@@H](O)C[C@@H](O[C@@H]6O[C@H](CO)[C@@H](O)[C@H](O)[C@H]6O[C@@H]6O[C@H](CO)[C@@H](O)[C@H](O[C@H]7OC[C@@H](O)[C@H](O)[C@H]7O)[C@H]6O)[C@]5(C)C4CC[C@]3(C)C1[C@@H]2C. The fourth-order valence-electron chi connectivity index (χ4n) is 13.9. The second-order valence-electron chi connectivity index (χ2n) is 20.7. The van der Waals surface area contributed by atoms with E-state index < -0.39 is 129 Å². The van der Waals surface area contributed by atoms with Crippen molar-refractivity contribution in [2.45, 2.75) is 189 Å². The summed E-state index contributed by atoms with van der Waals surface area (Å²) in [6.07, 6.45) is -15.4. The van der Waals surface area contributed by atoms with Crippen molar-refractivity contribution >= 4 is 0 Å². The number of aliphatic hydroxyl groups is 10. The van der Waals surface area contributed by atoms with Gasteiger partial charge in [-0.05, 0) is 73.5 Å². The second kappa shape index (κ2) is 17.3. The van der Waals surface area contributed by atoms with Gasteiger partial charge in [-0.1, -0.05) is 39.3 Å². The van der Waals surface area contributed by atoms with E-state index in [1.807, 2.05) is 0 Å². The van der Waals surface area contributed by atoms with Crippen molar-refractivity contribution in [3.63, 3.8) is 0 Å². The molecule has 26 atom stereocenters. The maximum absolute atomic E-state index is 11.6. The van der Waals surface area contributed by atoms with Crippen LogP contribution in [0, 0.1) is 46.3 Å². The van der Waals surface area contributed by atoms with Crippen LogP contribution in [0.15, 0.2) is 11.6 Å². The largest absolute Gasteiger partial charge is 0.394 e. The highest BCUT2D eigenvalue weighted by atomic mass is 16.8. The van der Waals surface area contributed by atoms with Gasteiger partial charge in [0.15, 0.2) is 24.7 Å². The molecule has 0 bridgehead atoms. The Bertz CT molecular complexity index is 1610. The molecule has 0 aromatic heterocycles. The average molecular weight is 887 g/mol. The lowest BCUT2D eigenvalue weighted by Crippen LogP contribution is -2.67. The highest BCUT2D eigenvalue weighted by molar-refractivity contribution is 5.29. The predicted octanol–water partition coefficient (Wildman–Crippen LogP) is -1.20. The molecule has 0 aromatic rings. The van der Waals surface area contributed by atoms with E-state index in [4.69, 9.17) is 37.9 Å². The summed E-state index contributed by atoms with van der Waals surface area (Å²) >= 11 is 0. The first-order valence-electron chi connectivity index (χ1n) is 23.0. The fraction of sp³-hybridized carbons (Fsp3) is 0.955. The Morgan fingerprint density at radius 2 is 1.42 bits per heavy atom. The van der Waals surface area contributed by atoms with Gasteiger partial charge in [0, 0.05) is 24.2 Å². The zero-order valence-corrected chi connectivity index (χ0v) is 36.1. The van der Waals surface area contributed by atoms with Crippen molar-refractivity contribution < 1.29 is 89.0 Å². The molecule has 5 heterocycles. The van der Waals surface area contributed by atoms with Crippen LogP contribution in [0.1, 0.15) is 79.1 Å². The van der Waals surface area contributed by atoms with Crippen molar-refractivity contribution in [2.24, 2.45) is 46.3 Å². The molecule has 18 nitrogen and oxygen atoms in total. The molecule has 0 radical (unpaired) electrons. The van der Waals surface area contributed by atoms with Crippen molar-refractivity contribution in [2.75, 3.05) is 26.4 Å². The highest BCUT2D eigenvalue weighted by Gasteiger charge is 2.69. The first-order valence-corrected chi connectivity index (χ1v) is 23.0. The Hall–Kier alpha value is -0.980. The molecule has 6 unspecified atom stereocenters. The average Bonchev–Trinajstić information content (AvgIpc) is 3.69. The Balaban J connectivity index is 0.963. The number of allylic oxidation sites excluding steroid dienone is 1. The first kappa shape index (κ1) is 46.1. The Morgan fingerprint density at radius 1 is 0.710 bits per heavy atom. The molecule has 18 heteroatoms. The van der Waals surface area contributed by atoms with Gasteiger partial charge in [0.25, 0.3) is 0 Å². The standard InChI is InChI=1S/C44H70O18/c1-18-7-10-44(56-16-18)19(2)30-26(62-44)13-24-22-6-5-20-11-21(47)12-29(43(20,4)23(22)8-9-42(24,30)3)59-41-38(34(52)32(50)27(14-45)58-41)61-40-36(54)37(33(51)28(15-46)57-40)60-39-35(53)31(49)25(48)17-55-39/h5,18-19,21-41,45-54H,6-17H2,1-4H3/t18-,19-,21+,22?,23?,24?,25+,26?,27+,28+,29+,30?,31-,32+,33+,34-,35+,36+,37-,38+,39+,40-,41-,42-,43-,44?/m0/s1. The summed E-state index contributed by atoms with van der Waals surface area (Å²) in [6.45, 7) is 8.03. The third kappa shape index (κ3) is 7.39. The van der Waals surface area contributed by atoms with Crippen LogP contribution in [0.2, 0.25) is 0 Å². The second-order valence-corrected chi connectivity index (χ2v) is 20.7. The summed E-state index contributed by atoms with van der Waals surface area (Å²) in [5.41, 5.74) is 0.532. The molecule has 9 aliphatic rings. The topological polar surface area (TPSA) is 276 Å². The van der Waals surface area contributed by atoms with Crippen LogP contribution in [0.3, 0.4) is 0 Å². The summed E-state index contributed by atoms with van der Waals surface area (Å²) in [7, 11) is 0. The van der Waals surface area contributed by atoms with Gasteiger partial charge >= 0.3 is 0 Å². The molecular formula is C44H70O18. The van der Waals surface area contributed by atoms with E-state index in [0.717, 1.165) is 44.1 Å². The van der Waals surface area contributed by atoms with Gasteiger partial charge in [-0.3, -0.25) is 0 Å². The van der Waals surface area contributed by atoms with E-state index in [2.05, 4.69) is 33.8 Å². The van der Waals surface area contributed by atoms with E-state index in [1.165, 1.54) is 0 Å². The summed E-state index contributed by atoms with van der Waals surface area (Å²) in [6, 6.07) is 0. The molecule has 5 saturated heterocycles. The minimum Gasteiger partial charge on any atom is -0.394 e. The normalized spacial score (nSPS) is 57.6. The number of aliphatic hydroxyl groups excluding tert-OH is 10. The van der Waals surface area contributed by atoms with Gasteiger partial charge in [0.1, 0.15) is 67.1 Å². The minimum atomic E-state index is -1.88. The van der Waals surface area contributed by atoms with Gasteiger partial charge in [-0.2, -0.15) is 0 Å². The maximum atomic E-state index is 11.6. The third-order valence-corrected chi connectivity index (χ3v) is 17.4. The quantitative estimate of drug-likeness (QED) is 0.128. The van der Waals surface area contributed by atoms with Crippen LogP contribution in [0.25, 0.3) is 0 Å². The van der Waals surface area contributed by atoms with Crippen LogP contribution >= 0.6 is 0 Å². The molecule has 9 rings (SSSR count). The zero-order chi connectivity index (χ0) is 44.2. The van der Waals surface area contributed by atoms with E-state index >= 15 is 0 Å². The number of hydrogen-bond acceptors (Lipinski definition) is 18. The molecule has 5 aliphatic heterocycles. The monoisotopic (exact) mass is 886 g/mol. The fourth-order valence-corrected chi connectivity index (χ4v) is 13.9. The maximum Gasteiger partial charge on any atom is 0.187 e.